The Morgan fingerprint density at radius 3 is 2.50 bits per heavy atom. The molecule has 0 bridgehead atoms. The topological polar surface area (TPSA) is 90.3 Å². The average molecular weight is 218 g/mol. The lowest BCUT2D eigenvalue weighted by Crippen LogP contribution is -2.35. The van der Waals surface area contributed by atoms with Gasteiger partial charge in [0.15, 0.2) is 0 Å². The lowest BCUT2D eigenvalue weighted by molar-refractivity contribution is 0.426. The van der Waals surface area contributed by atoms with E-state index >= 15 is 0 Å². The van der Waals surface area contributed by atoms with Gasteiger partial charge in [-0.15, -0.1) is 0 Å². The molecule has 5 heteroatoms. The molecule has 16 heavy (non-hydrogen) atoms. The molecule has 0 aliphatic carbocycles. The zero-order valence-electron chi connectivity index (χ0n) is 9.44. The van der Waals surface area contributed by atoms with Gasteiger partial charge in [-0.25, -0.2) is 0 Å². The molecule has 1 rings (SSSR count). The molecule has 84 valence electrons. The highest BCUT2D eigenvalue weighted by atomic mass is 16.4. The maximum Gasteiger partial charge on any atom is 0.488 e. The van der Waals surface area contributed by atoms with Crippen molar-refractivity contribution in [3.05, 3.63) is 29.3 Å². The summed E-state index contributed by atoms with van der Waals surface area (Å²) in [5.74, 6) is 0. The van der Waals surface area contributed by atoms with Crippen LogP contribution in [0.3, 0.4) is 0 Å². The Morgan fingerprint density at radius 2 is 2.06 bits per heavy atom. The van der Waals surface area contributed by atoms with Crippen LogP contribution < -0.4 is 11.2 Å². The van der Waals surface area contributed by atoms with Crippen LogP contribution in [0.1, 0.15) is 25.0 Å². The van der Waals surface area contributed by atoms with Gasteiger partial charge in [0.1, 0.15) is 0 Å². The van der Waals surface area contributed by atoms with Crippen LogP contribution in [0.2, 0.25) is 0 Å². The first-order valence-corrected chi connectivity index (χ1v) is 5.01. The fourth-order valence-electron chi connectivity index (χ4n) is 1.50. The summed E-state index contributed by atoms with van der Waals surface area (Å²) in [6, 6.07) is 6.81. The van der Waals surface area contributed by atoms with Crippen molar-refractivity contribution in [3.8, 4) is 6.07 Å². The second kappa shape index (κ2) is 4.66. The third-order valence-corrected chi connectivity index (χ3v) is 2.20. The normalized spacial score (nSPS) is 11.0. The van der Waals surface area contributed by atoms with E-state index in [4.69, 9.17) is 21.0 Å². The molecule has 0 aromatic heterocycles. The Bertz CT molecular complexity index is 419. The first-order valence-electron chi connectivity index (χ1n) is 5.01. The molecule has 0 saturated carbocycles. The Hall–Kier alpha value is -1.35. The molecule has 4 N–H and O–H groups in total. The van der Waals surface area contributed by atoms with Crippen molar-refractivity contribution in [2.24, 2.45) is 5.73 Å². The molecule has 0 saturated heterocycles. The molecular formula is C11H15BN2O2. The van der Waals surface area contributed by atoms with Crippen molar-refractivity contribution in [1.82, 2.24) is 0 Å². The van der Waals surface area contributed by atoms with Gasteiger partial charge in [-0.1, -0.05) is 12.1 Å². The van der Waals surface area contributed by atoms with Crippen molar-refractivity contribution >= 4 is 12.6 Å². The van der Waals surface area contributed by atoms with E-state index in [2.05, 4.69) is 0 Å². The molecule has 1 aromatic carbocycles. The molecule has 0 aliphatic rings. The zero-order chi connectivity index (χ0) is 12.3. The van der Waals surface area contributed by atoms with Gasteiger partial charge in [0.25, 0.3) is 0 Å². The van der Waals surface area contributed by atoms with Crippen LogP contribution in [-0.2, 0) is 6.42 Å². The van der Waals surface area contributed by atoms with Gasteiger partial charge in [-0.3, -0.25) is 0 Å². The van der Waals surface area contributed by atoms with Crippen molar-refractivity contribution in [1.29, 1.82) is 5.26 Å². The Morgan fingerprint density at radius 1 is 1.44 bits per heavy atom. The van der Waals surface area contributed by atoms with Crippen molar-refractivity contribution in [2.45, 2.75) is 25.8 Å². The standard InChI is InChI=1S/C11H15BN2O2/c1-11(2,14)6-8-3-4-10(12(15)16)5-9(8)7-13/h3-5,15-16H,6,14H2,1-2H3. The maximum absolute atomic E-state index is 8.99. The van der Waals surface area contributed by atoms with Gasteiger partial charge in [0.05, 0.1) is 11.6 Å². The van der Waals surface area contributed by atoms with E-state index in [1.54, 1.807) is 12.1 Å². The largest absolute Gasteiger partial charge is 0.488 e. The lowest BCUT2D eigenvalue weighted by atomic mass is 9.78. The maximum atomic E-state index is 8.99. The molecule has 0 radical (unpaired) electrons. The van der Waals surface area contributed by atoms with E-state index in [1.165, 1.54) is 6.07 Å². The zero-order valence-corrected chi connectivity index (χ0v) is 9.44. The minimum absolute atomic E-state index is 0.315. The van der Waals surface area contributed by atoms with E-state index < -0.39 is 12.7 Å². The predicted molar refractivity (Wildman–Crippen MR) is 63.0 cm³/mol. The monoisotopic (exact) mass is 218 g/mol. The van der Waals surface area contributed by atoms with Crippen LogP contribution >= 0.6 is 0 Å². The molecule has 0 spiro atoms. The second-order valence-corrected chi connectivity index (χ2v) is 4.57. The first kappa shape index (κ1) is 12.7. The number of hydrogen-bond acceptors (Lipinski definition) is 4. The third-order valence-electron chi connectivity index (χ3n) is 2.20. The van der Waals surface area contributed by atoms with Crippen LogP contribution in [0.5, 0.6) is 0 Å². The average Bonchev–Trinajstić information content (AvgIpc) is 2.15. The molecule has 0 amide bonds. The highest BCUT2D eigenvalue weighted by molar-refractivity contribution is 6.58. The Balaban J connectivity index is 3.09. The molecule has 0 atom stereocenters. The summed E-state index contributed by atoms with van der Waals surface area (Å²) in [5, 5.41) is 26.9. The SMILES string of the molecule is CC(C)(N)Cc1ccc(B(O)O)cc1C#N. The first-order chi connectivity index (χ1) is 7.33. The molecule has 0 heterocycles. The minimum atomic E-state index is -1.55. The minimum Gasteiger partial charge on any atom is -0.423 e. The van der Waals surface area contributed by atoms with Gasteiger partial charge >= 0.3 is 7.12 Å². The second-order valence-electron chi connectivity index (χ2n) is 4.57. The molecule has 0 aliphatic heterocycles. The molecule has 4 nitrogen and oxygen atoms in total. The van der Waals surface area contributed by atoms with Gasteiger partial charge in [0, 0.05) is 5.54 Å². The van der Waals surface area contributed by atoms with E-state index in [1.807, 2.05) is 19.9 Å². The third kappa shape index (κ3) is 3.35. The fourth-order valence-corrected chi connectivity index (χ4v) is 1.50. The summed E-state index contributed by atoms with van der Waals surface area (Å²) in [5.41, 5.74) is 7.05. The van der Waals surface area contributed by atoms with Gasteiger partial charge < -0.3 is 15.8 Å². The number of benzene rings is 1. The van der Waals surface area contributed by atoms with Crippen LogP contribution in [0.25, 0.3) is 0 Å². The number of nitrogens with two attached hydrogens (primary N) is 1. The van der Waals surface area contributed by atoms with Crippen LogP contribution in [0.4, 0.5) is 0 Å². The van der Waals surface area contributed by atoms with Crippen molar-refractivity contribution in [2.75, 3.05) is 0 Å². The van der Waals surface area contributed by atoms with E-state index in [0.29, 0.717) is 17.4 Å². The summed E-state index contributed by atoms with van der Waals surface area (Å²) in [7, 11) is -1.55. The van der Waals surface area contributed by atoms with Crippen molar-refractivity contribution in [3.63, 3.8) is 0 Å². The lowest BCUT2D eigenvalue weighted by Gasteiger charge is -2.19. The van der Waals surface area contributed by atoms with Crippen molar-refractivity contribution < 1.29 is 10.0 Å². The van der Waals surface area contributed by atoms with E-state index in [0.717, 1.165) is 5.56 Å². The molecule has 0 unspecified atom stereocenters. The molecule has 1 aromatic rings. The summed E-state index contributed by atoms with van der Waals surface area (Å²) >= 11 is 0. The number of rotatable bonds is 3. The quantitative estimate of drug-likeness (QED) is 0.597. The highest BCUT2D eigenvalue weighted by Gasteiger charge is 2.17. The summed E-state index contributed by atoms with van der Waals surface area (Å²) in [4.78, 5) is 0. The van der Waals surface area contributed by atoms with Gasteiger partial charge in [-0.2, -0.15) is 5.26 Å². The summed E-state index contributed by atoms with van der Waals surface area (Å²) < 4.78 is 0. The van der Waals surface area contributed by atoms with E-state index in [-0.39, 0.29) is 0 Å². The smallest absolute Gasteiger partial charge is 0.423 e. The fraction of sp³-hybridized carbons (Fsp3) is 0.364. The summed E-state index contributed by atoms with van der Waals surface area (Å²) in [6.45, 7) is 3.76. The van der Waals surface area contributed by atoms with Crippen LogP contribution in [0.15, 0.2) is 18.2 Å². The van der Waals surface area contributed by atoms with Gasteiger partial charge in [-0.05, 0) is 37.4 Å². The summed E-state index contributed by atoms with van der Waals surface area (Å²) in [6.07, 6.45) is 0.567. The number of nitriles is 1. The van der Waals surface area contributed by atoms with Gasteiger partial charge in [0.2, 0.25) is 0 Å². The molecular weight excluding hydrogens is 203 g/mol. The Labute approximate surface area is 95.5 Å². The number of hydrogen-bond donors (Lipinski definition) is 3. The molecule has 0 fully saturated rings. The Kier molecular flexibility index (Phi) is 3.71. The van der Waals surface area contributed by atoms with E-state index in [9.17, 15) is 0 Å². The number of nitrogens with zero attached hydrogens (tertiary/aromatic N) is 1. The predicted octanol–water partition coefficient (Wildman–Crippen LogP) is -0.482. The van der Waals surface area contributed by atoms with Crippen LogP contribution in [0, 0.1) is 11.3 Å². The highest BCUT2D eigenvalue weighted by Crippen LogP contribution is 2.13. The van der Waals surface area contributed by atoms with Crippen LogP contribution in [-0.4, -0.2) is 22.7 Å².